The number of furan rings is 1. The van der Waals surface area contributed by atoms with Crippen LogP contribution in [-0.2, 0) is 0 Å². The molecule has 1 aromatic carbocycles. The molecular weight excluding hydrogens is 397 g/mol. The van der Waals surface area contributed by atoms with Gasteiger partial charge in [-0.15, -0.1) is 13.2 Å². The van der Waals surface area contributed by atoms with Gasteiger partial charge in [-0.2, -0.15) is 5.10 Å². The Bertz CT molecular complexity index is 977. The van der Waals surface area contributed by atoms with Gasteiger partial charge in [-0.05, 0) is 48.2 Å². The standard InChI is InChI=1S/C17H11F3N4O3S/c18-17(19,20)27-12-4-1-3-11(9-12)15(25)24-23-10-13-5-6-14(26-13)28-16-21-7-2-8-22-16/h1-10H,(H,24,25)/b23-10+. The molecule has 2 heterocycles. The van der Waals surface area contributed by atoms with Crippen LogP contribution in [0.25, 0.3) is 0 Å². The van der Waals surface area contributed by atoms with Gasteiger partial charge in [0.05, 0.1) is 6.21 Å². The van der Waals surface area contributed by atoms with E-state index in [0.717, 1.165) is 12.1 Å². The molecule has 1 N–H and O–H groups in total. The second kappa shape index (κ2) is 8.57. The predicted molar refractivity (Wildman–Crippen MR) is 93.0 cm³/mol. The Balaban J connectivity index is 1.57. The summed E-state index contributed by atoms with van der Waals surface area (Å²) in [5, 5.41) is 4.75. The number of nitrogens with zero attached hydrogens (tertiary/aromatic N) is 3. The van der Waals surface area contributed by atoms with Crippen molar-refractivity contribution in [3.63, 3.8) is 0 Å². The molecule has 0 saturated heterocycles. The van der Waals surface area contributed by atoms with Gasteiger partial charge in [0.15, 0.2) is 10.2 Å². The van der Waals surface area contributed by atoms with Crippen LogP contribution in [0.1, 0.15) is 16.1 Å². The highest BCUT2D eigenvalue weighted by molar-refractivity contribution is 7.99. The molecule has 0 spiro atoms. The van der Waals surface area contributed by atoms with Gasteiger partial charge in [0.25, 0.3) is 5.91 Å². The summed E-state index contributed by atoms with van der Waals surface area (Å²) in [4.78, 5) is 20.1. The molecule has 3 rings (SSSR count). The van der Waals surface area contributed by atoms with E-state index in [1.165, 1.54) is 30.1 Å². The quantitative estimate of drug-likeness (QED) is 0.378. The molecule has 0 fully saturated rings. The van der Waals surface area contributed by atoms with Crippen LogP contribution in [0, 0.1) is 0 Å². The zero-order chi connectivity index (χ0) is 20.0. The molecule has 0 atom stereocenters. The van der Waals surface area contributed by atoms with E-state index in [4.69, 9.17) is 4.42 Å². The fraction of sp³-hybridized carbons (Fsp3) is 0.0588. The second-order valence-electron chi connectivity index (χ2n) is 5.06. The molecule has 144 valence electrons. The van der Waals surface area contributed by atoms with Crippen molar-refractivity contribution in [3.05, 3.63) is 66.2 Å². The molecule has 0 unspecified atom stereocenters. The maximum absolute atomic E-state index is 12.2. The monoisotopic (exact) mass is 408 g/mol. The van der Waals surface area contributed by atoms with Gasteiger partial charge in [0.2, 0.25) is 0 Å². The number of rotatable bonds is 6. The van der Waals surface area contributed by atoms with E-state index in [0.29, 0.717) is 16.0 Å². The highest BCUT2D eigenvalue weighted by Crippen LogP contribution is 2.25. The van der Waals surface area contributed by atoms with Crippen molar-refractivity contribution in [2.24, 2.45) is 5.10 Å². The van der Waals surface area contributed by atoms with Gasteiger partial charge in [-0.3, -0.25) is 4.79 Å². The number of hydrogen-bond acceptors (Lipinski definition) is 7. The van der Waals surface area contributed by atoms with Crippen molar-refractivity contribution in [1.29, 1.82) is 0 Å². The number of hydrazone groups is 1. The van der Waals surface area contributed by atoms with E-state index in [1.807, 2.05) is 0 Å². The van der Waals surface area contributed by atoms with Crippen molar-refractivity contribution < 1.29 is 27.1 Å². The van der Waals surface area contributed by atoms with Crippen molar-refractivity contribution in [2.45, 2.75) is 16.6 Å². The Kier molecular flexibility index (Phi) is 5.94. The first-order chi connectivity index (χ1) is 13.4. The molecule has 11 heteroatoms. The lowest BCUT2D eigenvalue weighted by atomic mass is 10.2. The third-order valence-electron chi connectivity index (χ3n) is 3.02. The smallest absolute Gasteiger partial charge is 0.448 e. The molecule has 3 aromatic rings. The van der Waals surface area contributed by atoms with Crippen molar-refractivity contribution in [2.75, 3.05) is 0 Å². The van der Waals surface area contributed by atoms with Gasteiger partial charge < -0.3 is 9.15 Å². The Morgan fingerprint density at radius 3 is 2.71 bits per heavy atom. The van der Waals surface area contributed by atoms with E-state index >= 15 is 0 Å². The van der Waals surface area contributed by atoms with E-state index in [-0.39, 0.29) is 5.56 Å². The average molecular weight is 408 g/mol. The zero-order valence-electron chi connectivity index (χ0n) is 13.9. The lowest BCUT2D eigenvalue weighted by Gasteiger charge is -2.09. The summed E-state index contributed by atoms with van der Waals surface area (Å²) in [5.41, 5.74) is 2.15. The Morgan fingerprint density at radius 1 is 1.18 bits per heavy atom. The summed E-state index contributed by atoms with van der Waals surface area (Å²) in [5.74, 6) is -0.851. The van der Waals surface area contributed by atoms with Crippen LogP contribution in [0.15, 0.2) is 74.6 Å². The third-order valence-corrected chi connectivity index (χ3v) is 3.84. The van der Waals surface area contributed by atoms with Crippen molar-refractivity contribution in [3.8, 4) is 5.75 Å². The first-order valence-corrected chi connectivity index (χ1v) is 8.45. The molecule has 1 amide bonds. The molecule has 0 aliphatic heterocycles. The Hall–Kier alpha value is -3.34. The Labute approximate surface area is 160 Å². The number of hydrogen-bond donors (Lipinski definition) is 1. The van der Waals surface area contributed by atoms with Crippen LogP contribution in [-0.4, -0.2) is 28.5 Å². The van der Waals surface area contributed by atoms with Crippen LogP contribution in [0.3, 0.4) is 0 Å². The van der Waals surface area contributed by atoms with Gasteiger partial charge >= 0.3 is 6.36 Å². The van der Waals surface area contributed by atoms with Gasteiger partial charge in [-0.1, -0.05) is 6.07 Å². The number of benzene rings is 1. The summed E-state index contributed by atoms with van der Waals surface area (Å²) in [6.45, 7) is 0. The predicted octanol–water partition coefficient (Wildman–Crippen LogP) is 3.88. The number of ether oxygens (including phenoxy) is 1. The second-order valence-corrected chi connectivity index (χ2v) is 6.04. The number of carbonyl (C=O) groups is 1. The lowest BCUT2D eigenvalue weighted by molar-refractivity contribution is -0.274. The number of nitrogens with one attached hydrogen (secondary N) is 1. The average Bonchev–Trinajstić information content (AvgIpc) is 3.08. The number of alkyl halides is 3. The summed E-state index contributed by atoms with van der Waals surface area (Å²) < 4.78 is 46.0. The number of amides is 1. The van der Waals surface area contributed by atoms with Crippen LogP contribution in [0.2, 0.25) is 0 Å². The van der Waals surface area contributed by atoms with Gasteiger partial charge in [0, 0.05) is 18.0 Å². The zero-order valence-corrected chi connectivity index (χ0v) is 14.7. The van der Waals surface area contributed by atoms with E-state index in [9.17, 15) is 18.0 Å². The minimum Gasteiger partial charge on any atom is -0.448 e. The van der Waals surface area contributed by atoms with E-state index in [2.05, 4.69) is 25.2 Å². The summed E-state index contributed by atoms with van der Waals surface area (Å²) in [6, 6.07) is 9.64. The first kappa shape index (κ1) is 19.4. The highest BCUT2D eigenvalue weighted by Gasteiger charge is 2.31. The molecule has 2 aromatic heterocycles. The largest absolute Gasteiger partial charge is 0.573 e. The molecule has 0 saturated carbocycles. The summed E-state index contributed by atoms with van der Waals surface area (Å²) in [7, 11) is 0. The fourth-order valence-corrected chi connectivity index (χ4v) is 2.62. The van der Waals surface area contributed by atoms with Crippen molar-refractivity contribution in [1.82, 2.24) is 15.4 Å². The molecule has 0 radical (unpaired) electrons. The molecule has 7 nitrogen and oxygen atoms in total. The first-order valence-electron chi connectivity index (χ1n) is 7.63. The maximum Gasteiger partial charge on any atom is 0.573 e. The number of aromatic nitrogens is 2. The molecule has 0 aliphatic carbocycles. The SMILES string of the molecule is O=C(N/N=C/c1ccc(Sc2ncccn2)o1)c1cccc(OC(F)(F)F)c1. The maximum atomic E-state index is 12.2. The molecule has 0 bridgehead atoms. The van der Waals surface area contributed by atoms with Gasteiger partial charge in [-0.25, -0.2) is 15.4 Å². The van der Waals surface area contributed by atoms with Gasteiger partial charge in [0.1, 0.15) is 11.5 Å². The Morgan fingerprint density at radius 2 is 1.96 bits per heavy atom. The summed E-state index contributed by atoms with van der Waals surface area (Å²) >= 11 is 1.21. The van der Waals surface area contributed by atoms with Crippen LogP contribution in [0.5, 0.6) is 5.75 Å². The minimum atomic E-state index is -4.84. The third kappa shape index (κ3) is 5.84. The topological polar surface area (TPSA) is 89.6 Å². The van der Waals surface area contributed by atoms with Crippen LogP contribution < -0.4 is 10.2 Å². The highest BCUT2D eigenvalue weighted by atomic mass is 32.2. The number of carbonyl (C=O) groups excluding carboxylic acids is 1. The minimum absolute atomic E-state index is 0.0455. The normalized spacial score (nSPS) is 11.5. The van der Waals surface area contributed by atoms with E-state index in [1.54, 1.807) is 30.6 Å². The lowest BCUT2D eigenvalue weighted by Crippen LogP contribution is -2.19. The van der Waals surface area contributed by atoms with E-state index < -0.39 is 18.0 Å². The molecular formula is C17H11F3N4O3S. The van der Waals surface area contributed by atoms with Crippen LogP contribution >= 0.6 is 11.8 Å². The summed E-state index contributed by atoms with van der Waals surface area (Å²) in [6.07, 6.45) is -0.382. The molecule has 0 aliphatic rings. The van der Waals surface area contributed by atoms with Crippen molar-refractivity contribution >= 4 is 23.9 Å². The molecule has 28 heavy (non-hydrogen) atoms. The van der Waals surface area contributed by atoms with Crippen LogP contribution in [0.4, 0.5) is 13.2 Å². The fourth-order valence-electron chi connectivity index (χ4n) is 1.94. The number of halogens is 3.